The Morgan fingerprint density at radius 3 is 2.83 bits per heavy atom. The number of rotatable bonds is 3. The van der Waals surface area contributed by atoms with Crippen molar-refractivity contribution in [2.75, 3.05) is 0 Å². The summed E-state index contributed by atoms with van der Waals surface area (Å²) in [4.78, 5) is 0. The fourth-order valence-corrected chi connectivity index (χ4v) is 2.16. The van der Waals surface area contributed by atoms with E-state index in [-0.39, 0.29) is 0 Å². The molecule has 2 aromatic rings. The van der Waals surface area contributed by atoms with Gasteiger partial charge in [0.25, 0.3) is 0 Å². The van der Waals surface area contributed by atoms with Crippen molar-refractivity contribution in [1.82, 2.24) is 0 Å². The van der Waals surface area contributed by atoms with Gasteiger partial charge in [0.05, 0.1) is 0 Å². The van der Waals surface area contributed by atoms with Crippen LogP contribution in [0.25, 0.3) is 6.08 Å². The average molecular weight is 235 g/mol. The van der Waals surface area contributed by atoms with Gasteiger partial charge in [-0.1, -0.05) is 42.5 Å². The summed E-state index contributed by atoms with van der Waals surface area (Å²) in [5.74, 6) is 0.952. The molecule has 1 aliphatic rings. The predicted molar refractivity (Wildman–Crippen MR) is 73.2 cm³/mol. The first-order valence-electron chi connectivity index (χ1n) is 6.28. The van der Waals surface area contributed by atoms with Gasteiger partial charge in [-0.3, -0.25) is 0 Å². The molecule has 89 valence electrons. The number of hydrogen-bond acceptors (Lipinski definition) is 1. The van der Waals surface area contributed by atoms with Crippen LogP contribution in [-0.4, -0.2) is 0 Å². The summed E-state index contributed by atoms with van der Waals surface area (Å²) in [5.41, 5.74) is 3.83. The second-order valence-electron chi connectivity index (χ2n) is 4.48. The van der Waals surface area contributed by atoms with Crippen LogP contribution in [0.2, 0.25) is 0 Å². The highest BCUT2D eigenvalue weighted by Gasteiger charge is 2.06. The van der Waals surface area contributed by atoms with Crippen molar-refractivity contribution in [3.8, 4) is 5.75 Å². The van der Waals surface area contributed by atoms with Gasteiger partial charge in [-0.2, -0.15) is 0 Å². The molecule has 0 atom stereocenters. The summed E-state index contributed by atoms with van der Waals surface area (Å²) in [6, 6.07) is 16.5. The van der Waals surface area contributed by atoms with Crippen molar-refractivity contribution in [2.45, 2.75) is 19.4 Å². The van der Waals surface area contributed by atoms with E-state index in [1.807, 2.05) is 24.3 Å². The average Bonchev–Trinajstić information content (AvgIpc) is 2.46. The maximum Gasteiger partial charge on any atom is 0.120 e. The second-order valence-corrected chi connectivity index (χ2v) is 4.48. The van der Waals surface area contributed by atoms with Crippen LogP contribution in [0.4, 0.5) is 0 Å². The van der Waals surface area contributed by atoms with Gasteiger partial charge in [0.15, 0.2) is 0 Å². The molecule has 0 bridgehead atoms. The summed E-state index contributed by atoms with van der Waals surface area (Å²) in [7, 11) is 0. The van der Waals surface area contributed by atoms with Crippen LogP contribution in [0.5, 0.6) is 5.75 Å². The minimum atomic E-state index is 0.627. The Hall–Kier alpha value is -2.02. The Kier molecular flexibility index (Phi) is 3.14. The molecule has 0 N–H and O–H groups in total. The van der Waals surface area contributed by atoms with E-state index in [2.05, 4.69) is 36.4 Å². The third-order valence-corrected chi connectivity index (χ3v) is 3.16. The molecule has 0 saturated carbocycles. The highest BCUT2D eigenvalue weighted by molar-refractivity contribution is 5.56. The SMILES string of the molecule is [C]1=Cc2ccc(OCc3ccccc3)cc2CC1. The first-order chi connectivity index (χ1) is 8.92. The van der Waals surface area contributed by atoms with Crippen molar-refractivity contribution in [3.05, 3.63) is 71.3 Å². The van der Waals surface area contributed by atoms with Crippen LogP contribution >= 0.6 is 0 Å². The lowest BCUT2D eigenvalue weighted by molar-refractivity contribution is 0.306. The maximum atomic E-state index is 5.82. The first-order valence-corrected chi connectivity index (χ1v) is 6.28. The van der Waals surface area contributed by atoms with Gasteiger partial charge in [-0.15, -0.1) is 0 Å². The number of fused-ring (bicyclic) bond motifs is 1. The van der Waals surface area contributed by atoms with Crippen molar-refractivity contribution in [2.24, 2.45) is 0 Å². The molecule has 1 nitrogen and oxygen atoms in total. The van der Waals surface area contributed by atoms with Crippen LogP contribution in [0.1, 0.15) is 23.1 Å². The molecule has 0 fully saturated rings. The smallest absolute Gasteiger partial charge is 0.120 e. The van der Waals surface area contributed by atoms with Crippen LogP contribution < -0.4 is 4.74 Å². The number of aryl methyl sites for hydroxylation is 1. The molecule has 0 amide bonds. The van der Waals surface area contributed by atoms with Crippen LogP contribution in [0.3, 0.4) is 0 Å². The van der Waals surface area contributed by atoms with Gasteiger partial charge in [-0.05, 0) is 47.7 Å². The molecule has 0 spiro atoms. The van der Waals surface area contributed by atoms with Crippen molar-refractivity contribution in [3.63, 3.8) is 0 Å². The zero-order valence-corrected chi connectivity index (χ0v) is 10.2. The molecule has 1 aliphatic carbocycles. The van der Waals surface area contributed by atoms with Crippen molar-refractivity contribution < 1.29 is 4.74 Å². The lowest BCUT2D eigenvalue weighted by atomic mass is 9.97. The molecular weight excluding hydrogens is 220 g/mol. The normalized spacial score (nSPS) is 13.1. The summed E-state index contributed by atoms with van der Waals surface area (Å²) in [6.07, 6.45) is 7.39. The minimum Gasteiger partial charge on any atom is -0.489 e. The Labute approximate surface area is 108 Å². The Morgan fingerprint density at radius 2 is 1.94 bits per heavy atom. The molecule has 0 aliphatic heterocycles. The zero-order chi connectivity index (χ0) is 12.2. The molecule has 0 saturated heterocycles. The highest BCUT2D eigenvalue weighted by atomic mass is 16.5. The summed E-state index contributed by atoms with van der Waals surface area (Å²) < 4.78 is 5.82. The summed E-state index contributed by atoms with van der Waals surface area (Å²) in [6.45, 7) is 0.627. The Bertz CT molecular complexity index is 555. The van der Waals surface area contributed by atoms with E-state index in [0.29, 0.717) is 6.61 Å². The Balaban J connectivity index is 1.72. The fourth-order valence-electron chi connectivity index (χ4n) is 2.16. The number of ether oxygens (including phenoxy) is 1. The van der Waals surface area contributed by atoms with Gasteiger partial charge in [0.2, 0.25) is 0 Å². The third-order valence-electron chi connectivity index (χ3n) is 3.16. The highest BCUT2D eigenvalue weighted by Crippen LogP contribution is 2.24. The van der Waals surface area contributed by atoms with Crippen LogP contribution in [0, 0.1) is 6.08 Å². The van der Waals surface area contributed by atoms with E-state index in [9.17, 15) is 0 Å². The molecule has 18 heavy (non-hydrogen) atoms. The quantitative estimate of drug-likeness (QED) is 0.780. The van der Waals surface area contributed by atoms with E-state index < -0.39 is 0 Å². The fraction of sp³-hybridized carbons (Fsp3) is 0.176. The van der Waals surface area contributed by atoms with Crippen molar-refractivity contribution >= 4 is 6.08 Å². The van der Waals surface area contributed by atoms with Crippen molar-refractivity contribution in [1.29, 1.82) is 0 Å². The molecule has 2 aromatic carbocycles. The summed E-state index contributed by atoms with van der Waals surface area (Å²) >= 11 is 0. The van der Waals surface area contributed by atoms with E-state index in [4.69, 9.17) is 4.74 Å². The number of benzene rings is 2. The molecular formula is C17H15O. The van der Waals surface area contributed by atoms with Crippen LogP contribution in [0.15, 0.2) is 48.5 Å². The van der Waals surface area contributed by atoms with Crippen LogP contribution in [-0.2, 0) is 13.0 Å². The van der Waals surface area contributed by atoms with E-state index in [1.54, 1.807) is 0 Å². The molecule has 3 rings (SSSR count). The number of hydrogen-bond donors (Lipinski definition) is 0. The molecule has 1 radical (unpaired) electrons. The Morgan fingerprint density at radius 1 is 1.06 bits per heavy atom. The molecule has 0 unspecified atom stereocenters. The van der Waals surface area contributed by atoms with Gasteiger partial charge < -0.3 is 4.74 Å². The third kappa shape index (κ3) is 2.45. The summed E-state index contributed by atoms with van der Waals surface area (Å²) in [5, 5.41) is 0. The van der Waals surface area contributed by atoms with E-state index in [0.717, 1.165) is 18.6 Å². The number of allylic oxidation sites excluding steroid dienone is 1. The standard InChI is InChI=1S/C17H15O/c1-2-6-14(7-3-1)13-18-17-11-10-15-8-4-5-9-16(15)12-17/h1-3,6-8,10-12H,5,9,13H2. The predicted octanol–water partition coefficient (Wildman–Crippen LogP) is 4.03. The maximum absolute atomic E-state index is 5.82. The molecule has 1 heteroatoms. The minimum absolute atomic E-state index is 0.627. The van der Waals surface area contributed by atoms with E-state index in [1.165, 1.54) is 16.7 Å². The van der Waals surface area contributed by atoms with Gasteiger partial charge in [-0.25, -0.2) is 0 Å². The largest absolute Gasteiger partial charge is 0.489 e. The zero-order valence-electron chi connectivity index (χ0n) is 10.2. The first kappa shape index (κ1) is 11.1. The van der Waals surface area contributed by atoms with E-state index >= 15 is 0 Å². The molecule has 0 heterocycles. The van der Waals surface area contributed by atoms with Gasteiger partial charge >= 0.3 is 0 Å². The topological polar surface area (TPSA) is 9.23 Å². The second kappa shape index (κ2) is 5.09. The lowest BCUT2D eigenvalue weighted by Crippen LogP contribution is -1.98. The van der Waals surface area contributed by atoms with Gasteiger partial charge in [0, 0.05) is 0 Å². The monoisotopic (exact) mass is 235 g/mol. The lowest BCUT2D eigenvalue weighted by Gasteiger charge is -2.12. The van der Waals surface area contributed by atoms with Gasteiger partial charge in [0.1, 0.15) is 12.4 Å². The molecule has 0 aromatic heterocycles.